The third-order valence-corrected chi connectivity index (χ3v) is 5.26. The highest BCUT2D eigenvalue weighted by molar-refractivity contribution is 7.09. The van der Waals surface area contributed by atoms with Crippen LogP contribution in [0.1, 0.15) is 24.6 Å². The van der Waals surface area contributed by atoms with Crippen LogP contribution >= 0.6 is 11.3 Å². The molecule has 3 nitrogen and oxygen atoms in total. The summed E-state index contributed by atoms with van der Waals surface area (Å²) in [7, 11) is 2.23. The Hall–Kier alpha value is -0.420. The largest absolute Gasteiger partial charge is 0.329 e. The van der Waals surface area contributed by atoms with Gasteiger partial charge in [-0.3, -0.25) is 4.90 Å². The first-order valence-electron chi connectivity index (χ1n) is 6.86. The lowest BCUT2D eigenvalue weighted by Gasteiger charge is -2.46. The van der Waals surface area contributed by atoms with Crippen molar-refractivity contribution in [2.24, 2.45) is 5.73 Å². The van der Waals surface area contributed by atoms with E-state index in [2.05, 4.69) is 41.3 Å². The van der Waals surface area contributed by atoms with Crippen molar-refractivity contribution < 1.29 is 0 Å². The van der Waals surface area contributed by atoms with E-state index >= 15 is 0 Å². The van der Waals surface area contributed by atoms with Crippen molar-refractivity contribution in [1.82, 2.24) is 9.80 Å². The van der Waals surface area contributed by atoms with Gasteiger partial charge in [0, 0.05) is 23.5 Å². The third kappa shape index (κ3) is 2.94. The van der Waals surface area contributed by atoms with Gasteiger partial charge in [0.2, 0.25) is 0 Å². The second-order valence-corrected chi connectivity index (χ2v) is 6.33. The van der Waals surface area contributed by atoms with Gasteiger partial charge in [0.25, 0.3) is 0 Å². The standard InChI is InChI=1S/C14H25N3S/c1-3-17-8-6-14(12-15,7-9-17)16(2)11-13-5-4-10-18-13/h4-5,10H,3,6-9,11-12,15H2,1-2H3. The summed E-state index contributed by atoms with van der Waals surface area (Å²) in [5.41, 5.74) is 6.30. The fraction of sp³-hybridized carbons (Fsp3) is 0.714. The van der Waals surface area contributed by atoms with E-state index in [1.807, 2.05) is 11.3 Å². The predicted octanol–water partition coefficient (Wildman–Crippen LogP) is 1.99. The molecule has 4 heteroatoms. The predicted molar refractivity (Wildman–Crippen MR) is 78.9 cm³/mol. The molecule has 0 amide bonds. The normalized spacial score (nSPS) is 20.4. The number of rotatable bonds is 5. The maximum absolute atomic E-state index is 6.10. The van der Waals surface area contributed by atoms with E-state index < -0.39 is 0 Å². The van der Waals surface area contributed by atoms with E-state index in [1.54, 1.807) is 0 Å². The van der Waals surface area contributed by atoms with Gasteiger partial charge in [-0.15, -0.1) is 11.3 Å². The Morgan fingerprint density at radius 2 is 2.17 bits per heavy atom. The number of likely N-dealkylation sites (tertiary alicyclic amines) is 1. The molecule has 0 radical (unpaired) electrons. The van der Waals surface area contributed by atoms with Gasteiger partial charge < -0.3 is 10.6 Å². The fourth-order valence-corrected chi connectivity index (χ4v) is 3.59. The van der Waals surface area contributed by atoms with Crippen LogP contribution in [0.25, 0.3) is 0 Å². The number of likely N-dealkylation sites (N-methyl/N-ethyl adjacent to an activating group) is 1. The quantitative estimate of drug-likeness (QED) is 0.885. The molecular formula is C14H25N3S. The zero-order chi connectivity index (χ0) is 13.0. The van der Waals surface area contributed by atoms with Crippen LogP contribution in [0.15, 0.2) is 17.5 Å². The molecule has 0 bridgehead atoms. The maximum Gasteiger partial charge on any atom is 0.0356 e. The van der Waals surface area contributed by atoms with E-state index in [0.29, 0.717) is 0 Å². The van der Waals surface area contributed by atoms with Crippen LogP contribution in [0.3, 0.4) is 0 Å². The van der Waals surface area contributed by atoms with Gasteiger partial charge in [-0.25, -0.2) is 0 Å². The average molecular weight is 267 g/mol. The lowest BCUT2D eigenvalue weighted by Crippen LogP contribution is -2.57. The smallest absolute Gasteiger partial charge is 0.0356 e. The molecule has 0 saturated carbocycles. The second-order valence-electron chi connectivity index (χ2n) is 5.30. The lowest BCUT2D eigenvalue weighted by molar-refractivity contribution is 0.0425. The Kier molecular flexibility index (Phi) is 4.78. The third-order valence-electron chi connectivity index (χ3n) is 4.40. The van der Waals surface area contributed by atoms with E-state index in [1.165, 1.54) is 30.8 Å². The fourth-order valence-electron chi connectivity index (χ4n) is 2.83. The average Bonchev–Trinajstić information content (AvgIpc) is 2.91. The Balaban J connectivity index is 1.99. The molecule has 2 heterocycles. The molecule has 1 aromatic rings. The van der Waals surface area contributed by atoms with Crippen molar-refractivity contribution >= 4 is 11.3 Å². The Morgan fingerprint density at radius 3 is 2.67 bits per heavy atom. The molecule has 102 valence electrons. The summed E-state index contributed by atoms with van der Waals surface area (Å²) in [6.07, 6.45) is 2.39. The molecule has 0 atom stereocenters. The van der Waals surface area contributed by atoms with Crippen LogP contribution in [0.2, 0.25) is 0 Å². The summed E-state index contributed by atoms with van der Waals surface area (Å²) in [5, 5.41) is 2.15. The van der Waals surface area contributed by atoms with E-state index in [4.69, 9.17) is 5.73 Å². The summed E-state index contributed by atoms with van der Waals surface area (Å²) in [5.74, 6) is 0. The zero-order valence-corrected chi connectivity index (χ0v) is 12.4. The molecule has 0 unspecified atom stereocenters. The minimum absolute atomic E-state index is 0.204. The van der Waals surface area contributed by atoms with Crippen molar-refractivity contribution in [3.8, 4) is 0 Å². The summed E-state index contributed by atoms with van der Waals surface area (Å²) < 4.78 is 0. The number of hydrogen-bond acceptors (Lipinski definition) is 4. The first kappa shape index (κ1) is 14.0. The lowest BCUT2D eigenvalue weighted by atomic mass is 9.86. The Labute approximate surface area is 115 Å². The molecule has 1 fully saturated rings. The maximum atomic E-state index is 6.10. The van der Waals surface area contributed by atoms with Crippen molar-refractivity contribution in [3.63, 3.8) is 0 Å². The molecule has 2 rings (SSSR count). The summed E-state index contributed by atoms with van der Waals surface area (Å²) >= 11 is 1.84. The molecule has 1 aliphatic rings. The minimum atomic E-state index is 0.204. The first-order chi connectivity index (χ1) is 8.70. The molecule has 2 N–H and O–H groups in total. The highest BCUT2D eigenvalue weighted by atomic mass is 32.1. The molecule has 1 aliphatic heterocycles. The van der Waals surface area contributed by atoms with Crippen LogP contribution in [-0.4, -0.2) is 48.6 Å². The summed E-state index contributed by atoms with van der Waals surface area (Å²) in [6, 6.07) is 4.34. The highest BCUT2D eigenvalue weighted by Crippen LogP contribution is 2.29. The number of nitrogens with two attached hydrogens (primary N) is 1. The van der Waals surface area contributed by atoms with Crippen LogP contribution in [-0.2, 0) is 6.54 Å². The number of thiophene rings is 1. The molecule has 0 spiro atoms. The molecule has 18 heavy (non-hydrogen) atoms. The van der Waals surface area contributed by atoms with Gasteiger partial charge >= 0.3 is 0 Å². The van der Waals surface area contributed by atoms with Crippen LogP contribution in [0, 0.1) is 0 Å². The highest BCUT2D eigenvalue weighted by Gasteiger charge is 2.36. The summed E-state index contributed by atoms with van der Waals surface area (Å²) in [6.45, 7) is 7.57. The Morgan fingerprint density at radius 1 is 1.44 bits per heavy atom. The van der Waals surface area contributed by atoms with E-state index in [0.717, 1.165) is 19.6 Å². The van der Waals surface area contributed by atoms with Crippen molar-refractivity contribution in [3.05, 3.63) is 22.4 Å². The van der Waals surface area contributed by atoms with Gasteiger partial charge in [-0.2, -0.15) is 0 Å². The minimum Gasteiger partial charge on any atom is -0.329 e. The Bertz CT molecular complexity index is 342. The van der Waals surface area contributed by atoms with Crippen LogP contribution in [0.4, 0.5) is 0 Å². The van der Waals surface area contributed by atoms with Gasteiger partial charge in [0.15, 0.2) is 0 Å². The molecule has 0 aliphatic carbocycles. The van der Waals surface area contributed by atoms with Gasteiger partial charge in [0.05, 0.1) is 0 Å². The van der Waals surface area contributed by atoms with Crippen molar-refractivity contribution in [2.45, 2.75) is 31.8 Å². The number of nitrogens with zero attached hydrogens (tertiary/aromatic N) is 2. The van der Waals surface area contributed by atoms with E-state index in [9.17, 15) is 0 Å². The van der Waals surface area contributed by atoms with Gasteiger partial charge in [-0.05, 0) is 51.0 Å². The monoisotopic (exact) mass is 267 g/mol. The summed E-state index contributed by atoms with van der Waals surface area (Å²) in [4.78, 5) is 6.43. The number of piperidine rings is 1. The van der Waals surface area contributed by atoms with E-state index in [-0.39, 0.29) is 5.54 Å². The topological polar surface area (TPSA) is 32.5 Å². The van der Waals surface area contributed by atoms with Crippen LogP contribution in [0.5, 0.6) is 0 Å². The molecule has 0 aromatic carbocycles. The number of hydrogen-bond donors (Lipinski definition) is 1. The molecule has 1 aromatic heterocycles. The van der Waals surface area contributed by atoms with Crippen molar-refractivity contribution in [2.75, 3.05) is 33.2 Å². The molecule has 1 saturated heterocycles. The second kappa shape index (κ2) is 6.15. The zero-order valence-electron chi connectivity index (χ0n) is 11.6. The van der Waals surface area contributed by atoms with Crippen molar-refractivity contribution in [1.29, 1.82) is 0 Å². The first-order valence-corrected chi connectivity index (χ1v) is 7.74. The van der Waals surface area contributed by atoms with Gasteiger partial charge in [-0.1, -0.05) is 13.0 Å². The van der Waals surface area contributed by atoms with Gasteiger partial charge in [0.1, 0.15) is 0 Å². The molecular weight excluding hydrogens is 242 g/mol. The SMILES string of the molecule is CCN1CCC(CN)(N(C)Cc2cccs2)CC1. The van der Waals surface area contributed by atoms with Crippen LogP contribution < -0.4 is 5.73 Å².